The summed E-state index contributed by atoms with van der Waals surface area (Å²) in [5, 5.41) is 1.25. The third kappa shape index (κ3) is 3.85. The number of rotatable bonds is 5. The molecule has 0 atom stereocenters. The van der Waals surface area contributed by atoms with Crippen LogP contribution in [0.1, 0.15) is 27.7 Å². The van der Waals surface area contributed by atoms with Crippen LogP contribution in [0.5, 0.6) is 0 Å². The van der Waals surface area contributed by atoms with E-state index in [0.29, 0.717) is 25.2 Å². The number of benzene rings is 1. The van der Waals surface area contributed by atoms with Crippen molar-refractivity contribution in [1.82, 2.24) is 14.5 Å². The Morgan fingerprint density at radius 3 is 2.76 bits per heavy atom. The van der Waals surface area contributed by atoms with Gasteiger partial charge in [0.1, 0.15) is 16.5 Å². The summed E-state index contributed by atoms with van der Waals surface area (Å²) in [6.07, 6.45) is 2.36. The summed E-state index contributed by atoms with van der Waals surface area (Å²) in [5.74, 6) is -0.650. The van der Waals surface area contributed by atoms with Crippen LogP contribution in [0.25, 0.3) is 10.6 Å². The summed E-state index contributed by atoms with van der Waals surface area (Å²) in [5.41, 5.74) is 1.34. The first kappa shape index (κ1) is 17.5. The maximum Gasteiger partial charge on any atom is 0.350 e. The summed E-state index contributed by atoms with van der Waals surface area (Å²) in [6.45, 7) is -1.39. The van der Waals surface area contributed by atoms with Gasteiger partial charge in [0.05, 0.1) is 5.69 Å². The second kappa shape index (κ2) is 7.28. The van der Waals surface area contributed by atoms with Gasteiger partial charge in [0.15, 0.2) is 5.82 Å². The van der Waals surface area contributed by atoms with Gasteiger partial charge in [-0.3, -0.25) is 4.57 Å². The Morgan fingerprint density at radius 1 is 1.36 bits per heavy atom. The van der Waals surface area contributed by atoms with E-state index in [1.54, 1.807) is 31.2 Å². The van der Waals surface area contributed by atoms with Crippen molar-refractivity contribution in [2.24, 2.45) is 0 Å². The predicted molar refractivity (Wildman–Crippen MR) is 89.9 cm³/mol. The van der Waals surface area contributed by atoms with Crippen molar-refractivity contribution in [3.8, 4) is 10.6 Å². The summed E-state index contributed by atoms with van der Waals surface area (Å²) < 4.78 is 31.3. The molecular weight excluding hydrogens is 372 g/mol. The van der Waals surface area contributed by atoms with E-state index in [9.17, 15) is 13.6 Å². The second-order valence-electron chi connectivity index (χ2n) is 5.04. The molecule has 0 bridgehead atoms. The van der Waals surface area contributed by atoms with Crippen molar-refractivity contribution in [2.75, 3.05) is 0 Å². The average molecular weight is 384 g/mol. The fraction of sp³-hybridized carbons (Fsp3) is 0.188. The Bertz CT molecular complexity index is 893. The van der Waals surface area contributed by atoms with Gasteiger partial charge >= 0.3 is 12.5 Å². The minimum absolute atomic E-state index is 0.0246. The molecule has 0 N–H and O–H groups in total. The van der Waals surface area contributed by atoms with Crippen molar-refractivity contribution in [3.63, 3.8) is 0 Å². The van der Waals surface area contributed by atoms with Crippen LogP contribution in [-0.2, 0) is 11.3 Å². The molecule has 0 aliphatic carbocycles. The summed E-state index contributed by atoms with van der Waals surface area (Å²) in [6, 6.07) is 7.07. The molecule has 25 heavy (non-hydrogen) atoms. The Hall–Kier alpha value is -2.32. The van der Waals surface area contributed by atoms with Crippen molar-refractivity contribution < 1.29 is 18.3 Å². The molecular formula is C16H12ClF2N3O2S. The van der Waals surface area contributed by atoms with Gasteiger partial charge in [-0.2, -0.15) is 8.78 Å². The predicted octanol–water partition coefficient (Wildman–Crippen LogP) is 4.72. The van der Waals surface area contributed by atoms with E-state index >= 15 is 0 Å². The zero-order valence-electron chi connectivity index (χ0n) is 12.9. The summed E-state index contributed by atoms with van der Waals surface area (Å²) in [4.78, 5) is 20.7. The molecule has 0 fully saturated rings. The number of ether oxygens (including phenoxy) is 1. The zero-order valence-corrected chi connectivity index (χ0v) is 14.5. The van der Waals surface area contributed by atoms with Crippen LogP contribution < -0.4 is 0 Å². The van der Waals surface area contributed by atoms with Crippen LogP contribution in [0, 0.1) is 6.92 Å². The molecule has 3 rings (SSSR count). The number of hydrogen-bond donors (Lipinski definition) is 0. The van der Waals surface area contributed by atoms with Crippen LogP contribution in [0.3, 0.4) is 0 Å². The van der Waals surface area contributed by atoms with Gasteiger partial charge in [0.2, 0.25) is 0 Å². The molecule has 0 aliphatic rings. The molecule has 0 amide bonds. The van der Waals surface area contributed by atoms with E-state index < -0.39 is 12.5 Å². The molecule has 2 heterocycles. The molecule has 1 aromatic carbocycles. The fourth-order valence-electron chi connectivity index (χ4n) is 2.13. The number of nitrogens with zero attached hydrogens (tertiary/aromatic N) is 3. The van der Waals surface area contributed by atoms with Crippen molar-refractivity contribution in [3.05, 3.63) is 58.1 Å². The first-order valence-electron chi connectivity index (χ1n) is 7.16. The van der Waals surface area contributed by atoms with E-state index in [2.05, 4.69) is 9.97 Å². The topological polar surface area (TPSA) is 57.0 Å². The van der Waals surface area contributed by atoms with Crippen LogP contribution in [-0.4, -0.2) is 20.5 Å². The number of esters is 1. The Kier molecular flexibility index (Phi) is 5.10. The second-order valence-corrected chi connectivity index (χ2v) is 6.48. The van der Waals surface area contributed by atoms with E-state index in [-0.39, 0.29) is 12.4 Å². The molecule has 0 unspecified atom stereocenters. The van der Waals surface area contributed by atoms with Gasteiger partial charge < -0.3 is 4.74 Å². The summed E-state index contributed by atoms with van der Waals surface area (Å²) in [7, 11) is 0. The first-order valence-corrected chi connectivity index (χ1v) is 8.35. The molecule has 5 nitrogen and oxygen atoms in total. The molecule has 0 saturated carbocycles. The van der Waals surface area contributed by atoms with E-state index in [1.165, 1.54) is 17.5 Å². The lowest BCUT2D eigenvalue weighted by Gasteiger charge is -2.06. The number of alkyl halides is 2. The molecule has 3 aromatic rings. The number of aromatic nitrogens is 3. The number of thiazole rings is 1. The quantitative estimate of drug-likeness (QED) is 0.598. The standard InChI is InChI=1S/C16H12ClF2N3O2S/c1-9-13(25-14(21-9)10-2-4-11(17)5-3-10)15(23)24-8-12-20-6-7-22(12)16(18)19/h2-7,16H,8H2,1H3. The van der Waals surface area contributed by atoms with Gasteiger partial charge in [0, 0.05) is 23.0 Å². The molecule has 0 saturated heterocycles. The highest BCUT2D eigenvalue weighted by atomic mass is 35.5. The fourth-order valence-corrected chi connectivity index (χ4v) is 3.22. The van der Waals surface area contributed by atoms with Crippen molar-refractivity contribution in [1.29, 1.82) is 0 Å². The molecule has 0 radical (unpaired) electrons. The Balaban J connectivity index is 1.74. The lowest BCUT2D eigenvalue weighted by molar-refractivity contribution is 0.0379. The van der Waals surface area contributed by atoms with Crippen LogP contribution in [0.4, 0.5) is 8.78 Å². The van der Waals surface area contributed by atoms with E-state index in [1.807, 2.05) is 0 Å². The van der Waals surface area contributed by atoms with Crippen LogP contribution in [0.15, 0.2) is 36.7 Å². The van der Waals surface area contributed by atoms with Crippen molar-refractivity contribution in [2.45, 2.75) is 20.1 Å². The number of carbonyl (C=O) groups excluding carboxylic acids is 1. The third-order valence-electron chi connectivity index (χ3n) is 3.36. The largest absolute Gasteiger partial charge is 0.453 e. The molecule has 0 aliphatic heterocycles. The highest BCUT2D eigenvalue weighted by Crippen LogP contribution is 2.29. The monoisotopic (exact) mass is 383 g/mol. The number of imidazole rings is 1. The molecule has 130 valence electrons. The van der Waals surface area contributed by atoms with Crippen LogP contribution >= 0.6 is 22.9 Å². The Labute approximate surface area is 150 Å². The minimum Gasteiger partial charge on any atom is -0.453 e. The molecule has 9 heteroatoms. The van der Waals surface area contributed by atoms with Gasteiger partial charge in [-0.15, -0.1) is 11.3 Å². The van der Waals surface area contributed by atoms with E-state index in [0.717, 1.165) is 11.8 Å². The Morgan fingerprint density at radius 2 is 2.08 bits per heavy atom. The normalized spacial score (nSPS) is 11.1. The first-order chi connectivity index (χ1) is 12.0. The minimum atomic E-state index is -2.74. The summed E-state index contributed by atoms with van der Waals surface area (Å²) >= 11 is 7.03. The van der Waals surface area contributed by atoms with Gasteiger partial charge in [-0.1, -0.05) is 23.7 Å². The number of halogens is 3. The van der Waals surface area contributed by atoms with Crippen LogP contribution in [0.2, 0.25) is 5.02 Å². The smallest absolute Gasteiger partial charge is 0.350 e. The maximum absolute atomic E-state index is 12.8. The van der Waals surface area contributed by atoms with Crippen molar-refractivity contribution >= 4 is 28.9 Å². The van der Waals surface area contributed by atoms with Gasteiger partial charge in [-0.05, 0) is 19.1 Å². The van der Waals surface area contributed by atoms with Gasteiger partial charge in [-0.25, -0.2) is 14.8 Å². The van der Waals surface area contributed by atoms with Gasteiger partial charge in [0.25, 0.3) is 0 Å². The van der Waals surface area contributed by atoms with E-state index in [4.69, 9.17) is 16.3 Å². The number of hydrogen-bond acceptors (Lipinski definition) is 5. The molecule has 2 aromatic heterocycles. The molecule has 0 spiro atoms. The third-order valence-corrected chi connectivity index (χ3v) is 4.80. The zero-order chi connectivity index (χ0) is 18.0. The highest BCUT2D eigenvalue weighted by Gasteiger charge is 2.19. The highest BCUT2D eigenvalue weighted by molar-refractivity contribution is 7.17. The number of aryl methyl sites for hydroxylation is 1. The SMILES string of the molecule is Cc1nc(-c2ccc(Cl)cc2)sc1C(=O)OCc1nccn1C(F)F. The maximum atomic E-state index is 12.8. The lowest BCUT2D eigenvalue weighted by Crippen LogP contribution is -2.10. The average Bonchev–Trinajstić information content (AvgIpc) is 3.20. The lowest BCUT2D eigenvalue weighted by atomic mass is 10.2. The number of carbonyl (C=O) groups is 1.